The van der Waals surface area contributed by atoms with Crippen LogP contribution in [-0.2, 0) is 9.59 Å². The summed E-state index contributed by atoms with van der Waals surface area (Å²) >= 11 is 0. The van der Waals surface area contributed by atoms with Gasteiger partial charge in [-0.2, -0.15) is 4.98 Å². The summed E-state index contributed by atoms with van der Waals surface area (Å²) in [6.07, 6.45) is 1.71. The number of carboxylic acids is 1. The normalized spacial score (nSPS) is 19.0. The topological polar surface area (TPSA) is 96.5 Å². The highest BCUT2D eigenvalue weighted by molar-refractivity contribution is 5.80. The Kier molecular flexibility index (Phi) is 4.93. The van der Waals surface area contributed by atoms with Gasteiger partial charge in [0.15, 0.2) is 5.82 Å². The third kappa shape index (κ3) is 4.03. The molecular weight excluding hydrogens is 274 g/mol. The minimum atomic E-state index is -0.948. The van der Waals surface area contributed by atoms with Gasteiger partial charge in [-0.1, -0.05) is 19.0 Å². The van der Waals surface area contributed by atoms with Crippen molar-refractivity contribution in [2.75, 3.05) is 13.1 Å². The van der Waals surface area contributed by atoms with Crippen molar-refractivity contribution in [3.05, 3.63) is 11.7 Å². The summed E-state index contributed by atoms with van der Waals surface area (Å²) in [5.74, 6) is 0.451. The number of amides is 1. The highest BCUT2D eigenvalue weighted by atomic mass is 16.5. The van der Waals surface area contributed by atoms with E-state index in [0.717, 1.165) is 12.8 Å². The van der Waals surface area contributed by atoms with Gasteiger partial charge in [-0.05, 0) is 12.8 Å². The van der Waals surface area contributed by atoms with Crippen LogP contribution in [0, 0.1) is 0 Å². The quantitative estimate of drug-likeness (QED) is 0.889. The van der Waals surface area contributed by atoms with Gasteiger partial charge >= 0.3 is 5.97 Å². The van der Waals surface area contributed by atoms with E-state index >= 15 is 0 Å². The highest BCUT2D eigenvalue weighted by Crippen LogP contribution is 2.26. The molecule has 2 heterocycles. The van der Waals surface area contributed by atoms with Gasteiger partial charge in [0, 0.05) is 31.3 Å². The van der Waals surface area contributed by atoms with E-state index in [1.54, 1.807) is 4.90 Å². The van der Waals surface area contributed by atoms with Crippen LogP contribution in [0.2, 0.25) is 0 Å². The van der Waals surface area contributed by atoms with Crippen LogP contribution in [0.1, 0.15) is 63.1 Å². The Morgan fingerprint density at radius 1 is 1.43 bits per heavy atom. The lowest BCUT2D eigenvalue weighted by atomic mass is 9.97. The number of carboxylic acid groups (broad SMARTS) is 1. The van der Waals surface area contributed by atoms with Gasteiger partial charge in [0.25, 0.3) is 0 Å². The zero-order valence-corrected chi connectivity index (χ0v) is 12.4. The van der Waals surface area contributed by atoms with Gasteiger partial charge in [-0.3, -0.25) is 9.59 Å². The van der Waals surface area contributed by atoms with Crippen LogP contribution < -0.4 is 0 Å². The van der Waals surface area contributed by atoms with E-state index in [4.69, 9.17) is 9.63 Å². The van der Waals surface area contributed by atoms with E-state index in [2.05, 4.69) is 10.1 Å². The van der Waals surface area contributed by atoms with Crippen LogP contribution in [0.25, 0.3) is 0 Å². The fourth-order valence-corrected chi connectivity index (χ4v) is 2.43. The minimum Gasteiger partial charge on any atom is -0.481 e. The van der Waals surface area contributed by atoms with E-state index in [1.807, 2.05) is 13.8 Å². The summed E-state index contributed by atoms with van der Waals surface area (Å²) in [5.41, 5.74) is 0. The molecule has 1 fully saturated rings. The van der Waals surface area contributed by atoms with Crippen molar-refractivity contribution < 1.29 is 19.2 Å². The predicted molar refractivity (Wildman–Crippen MR) is 73.8 cm³/mol. The van der Waals surface area contributed by atoms with Crippen LogP contribution in [0.3, 0.4) is 0 Å². The third-order valence-corrected chi connectivity index (χ3v) is 3.64. The summed E-state index contributed by atoms with van der Waals surface area (Å²) in [5, 5.41) is 12.7. The van der Waals surface area contributed by atoms with Crippen molar-refractivity contribution in [1.29, 1.82) is 0 Å². The fraction of sp³-hybridized carbons (Fsp3) is 0.714. The lowest BCUT2D eigenvalue weighted by Crippen LogP contribution is -2.39. The molecule has 7 nitrogen and oxygen atoms in total. The Labute approximate surface area is 123 Å². The van der Waals surface area contributed by atoms with E-state index in [1.165, 1.54) is 0 Å². The third-order valence-electron chi connectivity index (χ3n) is 3.64. The van der Waals surface area contributed by atoms with Crippen molar-refractivity contribution in [2.24, 2.45) is 0 Å². The summed E-state index contributed by atoms with van der Waals surface area (Å²) in [6, 6.07) is 0. The standard InChI is InChI=1S/C14H21N3O4/c1-9(2)14-15-13(16-21-14)10-4-3-7-17(8-10)11(18)5-6-12(19)20/h9-10H,3-8H2,1-2H3,(H,19,20). The van der Waals surface area contributed by atoms with Gasteiger partial charge in [-0.25, -0.2) is 0 Å². The molecule has 7 heteroatoms. The van der Waals surface area contributed by atoms with Gasteiger partial charge < -0.3 is 14.5 Å². The average Bonchev–Trinajstić information content (AvgIpc) is 2.95. The van der Waals surface area contributed by atoms with Crippen LogP contribution in [-0.4, -0.2) is 45.1 Å². The number of nitrogens with zero attached hydrogens (tertiary/aromatic N) is 3. The Balaban J connectivity index is 1.96. The van der Waals surface area contributed by atoms with E-state index < -0.39 is 5.97 Å². The molecule has 116 valence electrons. The monoisotopic (exact) mass is 295 g/mol. The van der Waals surface area contributed by atoms with Crippen LogP contribution in [0.5, 0.6) is 0 Å². The molecule has 2 rings (SSSR count). The van der Waals surface area contributed by atoms with Gasteiger partial charge in [0.1, 0.15) is 0 Å². The Morgan fingerprint density at radius 3 is 2.81 bits per heavy atom. The molecule has 0 saturated carbocycles. The van der Waals surface area contributed by atoms with Crippen molar-refractivity contribution in [3.63, 3.8) is 0 Å². The van der Waals surface area contributed by atoms with Crippen LogP contribution in [0.15, 0.2) is 4.52 Å². The molecule has 1 aliphatic rings. The second kappa shape index (κ2) is 6.69. The molecule has 1 N–H and O–H groups in total. The Hall–Kier alpha value is -1.92. The first-order valence-corrected chi connectivity index (χ1v) is 7.30. The SMILES string of the molecule is CC(C)c1nc(C2CCCN(C(=O)CCC(=O)O)C2)no1. The maximum atomic E-state index is 12.0. The zero-order chi connectivity index (χ0) is 15.4. The lowest BCUT2D eigenvalue weighted by molar-refractivity contribution is -0.141. The molecule has 0 bridgehead atoms. The predicted octanol–water partition coefficient (Wildman–Crippen LogP) is 1.76. The lowest BCUT2D eigenvalue weighted by Gasteiger charge is -2.31. The van der Waals surface area contributed by atoms with Crippen LogP contribution in [0.4, 0.5) is 0 Å². The molecule has 0 aromatic carbocycles. The summed E-state index contributed by atoms with van der Waals surface area (Å²) < 4.78 is 5.21. The number of rotatable bonds is 5. The largest absolute Gasteiger partial charge is 0.481 e. The maximum Gasteiger partial charge on any atom is 0.303 e. The molecule has 0 aliphatic carbocycles. The van der Waals surface area contributed by atoms with Crippen molar-refractivity contribution in [3.8, 4) is 0 Å². The summed E-state index contributed by atoms with van der Waals surface area (Å²) in [4.78, 5) is 28.6. The number of aromatic nitrogens is 2. The molecular formula is C14H21N3O4. The number of aliphatic carboxylic acids is 1. The summed E-state index contributed by atoms with van der Waals surface area (Å²) in [6.45, 7) is 5.18. The molecule has 1 amide bonds. The molecule has 1 aromatic rings. The number of hydrogen-bond donors (Lipinski definition) is 1. The Bertz CT molecular complexity index is 512. The molecule has 1 saturated heterocycles. The maximum absolute atomic E-state index is 12.0. The molecule has 1 aliphatic heterocycles. The van der Waals surface area contributed by atoms with Gasteiger partial charge in [-0.15, -0.1) is 0 Å². The number of carbonyl (C=O) groups is 2. The van der Waals surface area contributed by atoms with Gasteiger partial charge in [0.05, 0.1) is 6.42 Å². The molecule has 21 heavy (non-hydrogen) atoms. The number of carbonyl (C=O) groups excluding carboxylic acids is 1. The molecule has 1 unspecified atom stereocenters. The van der Waals surface area contributed by atoms with E-state index in [-0.39, 0.29) is 30.6 Å². The number of piperidine rings is 1. The molecule has 0 radical (unpaired) electrons. The zero-order valence-electron chi connectivity index (χ0n) is 12.4. The molecule has 0 spiro atoms. The van der Waals surface area contributed by atoms with Crippen LogP contribution >= 0.6 is 0 Å². The first kappa shape index (κ1) is 15.5. The average molecular weight is 295 g/mol. The highest BCUT2D eigenvalue weighted by Gasteiger charge is 2.28. The second-order valence-electron chi connectivity index (χ2n) is 5.72. The molecule has 1 atom stereocenters. The second-order valence-corrected chi connectivity index (χ2v) is 5.72. The van der Waals surface area contributed by atoms with Crippen molar-refractivity contribution in [2.45, 2.75) is 51.4 Å². The fourth-order valence-electron chi connectivity index (χ4n) is 2.43. The summed E-state index contributed by atoms with van der Waals surface area (Å²) in [7, 11) is 0. The van der Waals surface area contributed by atoms with E-state index in [9.17, 15) is 9.59 Å². The first-order chi connectivity index (χ1) is 9.97. The molecule has 1 aromatic heterocycles. The number of likely N-dealkylation sites (tertiary alicyclic amines) is 1. The first-order valence-electron chi connectivity index (χ1n) is 7.30. The van der Waals surface area contributed by atoms with Crippen molar-refractivity contribution in [1.82, 2.24) is 15.0 Å². The number of hydrogen-bond acceptors (Lipinski definition) is 5. The van der Waals surface area contributed by atoms with Crippen molar-refractivity contribution >= 4 is 11.9 Å². The van der Waals surface area contributed by atoms with Gasteiger partial charge in [0.2, 0.25) is 11.8 Å². The smallest absolute Gasteiger partial charge is 0.303 e. The minimum absolute atomic E-state index is 0.0472. The Morgan fingerprint density at radius 2 is 2.19 bits per heavy atom. The van der Waals surface area contributed by atoms with E-state index in [0.29, 0.717) is 24.8 Å².